The molecule has 2 N–H and O–H groups in total. The zero-order chi connectivity index (χ0) is 13.0. The van der Waals surface area contributed by atoms with Crippen molar-refractivity contribution in [3.05, 3.63) is 34.9 Å². The summed E-state index contributed by atoms with van der Waals surface area (Å²) >= 11 is 5.80. The average molecular weight is 255 g/mol. The monoisotopic (exact) mass is 254 g/mol. The van der Waals surface area contributed by atoms with Crippen LogP contribution in [0.5, 0.6) is 0 Å². The van der Waals surface area contributed by atoms with Gasteiger partial charge in [-0.15, -0.1) is 0 Å². The van der Waals surface area contributed by atoms with Gasteiger partial charge in [-0.2, -0.15) is 0 Å². The van der Waals surface area contributed by atoms with E-state index in [0.717, 1.165) is 5.56 Å². The molecule has 0 fully saturated rings. The van der Waals surface area contributed by atoms with Crippen LogP contribution in [-0.2, 0) is 11.3 Å². The number of carbonyl (C=O) groups excluding carboxylic acids is 1. The number of halogens is 1. The summed E-state index contributed by atoms with van der Waals surface area (Å²) in [6.45, 7) is 4.44. The Balaban J connectivity index is 2.63. The normalized spacial score (nSPS) is 12.6. The van der Waals surface area contributed by atoms with Gasteiger partial charge in [0, 0.05) is 18.6 Å². The molecule has 0 aromatic heterocycles. The van der Waals surface area contributed by atoms with Crippen LogP contribution in [-0.4, -0.2) is 23.9 Å². The minimum atomic E-state index is -0.438. The van der Waals surface area contributed by atoms with Crippen LogP contribution in [0, 0.1) is 5.92 Å². The van der Waals surface area contributed by atoms with Crippen LogP contribution >= 0.6 is 11.6 Å². The lowest BCUT2D eigenvalue weighted by molar-refractivity contribution is -0.132. The molecular formula is C13H19ClN2O. The van der Waals surface area contributed by atoms with Crippen molar-refractivity contribution in [2.24, 2.45) is 11.7 Å². The van der Waals surface area contributed by atoms with E-state index >= 15 is 0 Å². The van der Waals surface area contributed by atoms with E-state index in [9.17, 15) is 4.79 Å². The maximum atomic E-state index is 11.9. The van der Waals surface area contributed by atoms with Crippen LogP contribution in [0.3, 0.4) is 0 Å². The molecule has 0 aliphatic carbocycles. The molecule has 0 heterocycles. The maximum Gasteiger partial charge on any atom is 0.239 e. The molecule has 0 saturated heterocycles. The first-order valence-corrected chi connectivity index (χ1v) is 6.04. The fourth-order valence-electron chi connectivity index (χ4n) is 1.48. The van der Waals surface area contributed by atoms with Crippen LogP contribution in [0.25, 0.3) is 0 Å². The molecule has 94 valence electrons. The van der Waals surface area contributed by atoms with Crippen LogP contribution in [0.15, 0.2) is 24.3 Å². The SMILES string of the molecule is CC(C)[C@@H](N)C(=O)N(C)Cc1ccc(Cl)cc1. The highest BCUT2D eigenvalue weighted by molar-refractivity contribution is 6.30. The number of carbonyl (C=O) groups is 1. The van der Waals surface area contributed by atoms with Crippen LogP contribution in [0.4, 0.5) is 0 Å². The van der Waals surface area contributed by atoms with Crippen LogP contribution in [0.2, 0.25) is 5.02 Å². The molecule has 0 spiro atoms. The summed E-state index contributed by atoms with van der Waals surface area (Å²) in [5.41, 5.74) is 6.87. The van der Waals surface area contributed by atoms with Gasteiger partial charge in [-0.25, -0.2) is 0 Å². The van der Waals surface area contributed by atoms with E-state index in [1.54, 1.807) is 11.9 Å². The third-order valence-electron chi connectivity index (χ3n) is 2.71. The molecule has 0 radical (unpaired) electrons. The molecule has 0 saturated carbocycles. The van der Waals surface area contributed by atoms with Crippen LogP contribution in [0.1, 0.15) is 19.4 Å². The highest BCUT2D eigenvalue weighted by atomic mass is 35.5. The number of hydrogen-bond acceptors (Lipinski definition) is 2. The van der Waals surface area contributed by atoms with E-state index in [1.807, 2.05) is 38.1 Å². The summed E-state index contributed by atoms with van der Waals surface area (Å²) in [5.74, 6) is 0.116. The van der Waals surface area contributed by atoms with Crippen molar-refractivity contribution in [1.29, 1.82) is 0 Å². The van der Waals surface area contributed by atoms with Crippen molar-refractivity contribution in [2.45, 2.75) is 26.4 Å². The Morgan fingerprint density at radius 1 is 1.35 bits per heavy atom. The molecule has 3 nitrogen and oxygen atoms in total. The number of hydrogen-bond donors (Lipinski definition) is 1. The highest BCUT2D eigenvalue weighted by Gasteiger charge is 2.20. The van der Waals surface area contributed by atoms with Gasteiger partial charge >= 0.3 is 0 Å². The molecule has 1 atom stereocenters. The first kappa shape index (κ1) is 14.0. The van der Waals surface area contributed by atoms with E-state index in [1.165, 1.54) is 0 Å². The number of amides is 1. The molecule has 1 amide bonds. The predicted octanol–water partition coefficient (Wildman–Crippen LogP) is 2.28. The van der Waals surface area contributed by atoms with E-state index < -0.39 is 6.04 Å². The molecule has 1 aromatic carbocycles. The van der Waals surface area contributed by atoms with Crippen molar-refractivity contribution in [3.8, 4) is 0 Å². The summed E-state index contributed by atoms with van der Waals surface area (Å²) < 4.78 is 0. The second-order valence-electron chi connectivity index (χ2n) is 4.59. The molecule has 1 aromatic rings. The Labute approximate surface area is 108 Å². The summed E-state index contributed by atoms with van der Waals surface area (Å²) in [7, 11) is 1.76. The van der Waals surface area contributed by atoms with Crippen molar-refractivity contribution in [2.75, 3.05) is 7.05 Å². The van der Waals surface area contributed by atoms with Gasteiger partial charge in [-0.05, 0) is 23.6 Å². The zero-order valence-corrected chi connectivity index (χ0v) is 11.2. The largest absolute Gasteiger partial charge is 0.340 e. The molecule has 4 heteroatoms. The van der Waals surface area contributed by atoms with Crippen LogP contribution < -0.4 is 5.73 Å². The lowest BCUT2D eigenvalue weighted by atomic mass is 10.0. The third kappa shape index (κ3) is 4.02. The Morgan fingerprint density at radius 2 is 1.88 bits per heavy atom. The third-order valence-corrected chi connectivity index (χ3v) is 2.96. The fourth-order valence-corrected chi connectivity index (χ4v) is 1.61. The molecule has 17 heavy (non-hydrogen) atoms. The van der Waals surface area contributed by atoms with E-state index in [-0.39, 0.29) is 11.8 Å². The number of benzene rings is 1. The van der Waals surface area contributed by atoms with Gasteiger partial charge in [0.05, 0.1) is 6.04 Å². The summed E-state index contributed by atoms with van der Waals surface area (Å²) in [6, 6.07) is 7.02. The second kappa shape index (κ2) is 6.03. The van der Waals surface area contributed by atoms with Crippen molar-refractivity contribution >= 4 is 17.5 Å². The van der Waals surface area contributed by atoms with E-state index in [0.29, 0.717) is 11.6 Å². The standard InChI is InChI=1S/C13H19ClN2O/c1-9(2)12(15)13(17)16(3)8-10-4-6-11(14)7-5-10/h4-7,9,12H,8,15H2,1-3H3/t12-/m1/s1. The molecule has 0 aliphatic rings. The first-order chi connectivity index (χ1) is 7.91. The highest BCUT2D eigenvalue weighted by Crippen LogP contribution is 2.12. The Kier molecular flexibility index (Phi) is 4.97. The van der Waals surface area contributed by atoms with E-state index in [2.05, 4.69) is 0 Å². The fraction of sp³-hybridized carbons (Fsp3) is 0.462. The molecular weight excluding hydrogens is 236 g/mol. The van der Waals surface area contributed by atoms with Crippen molar-refractivity contribution in [1.82, 2.24) is 4.90 Å². The molecule has 0 bridgehead atoms. The minimum Gasteiger partial charge on any atom is -0.340 e. The van der Waals surface area contributed by atoms with Crippen molar-refractivity contribution in [3.63, 3.8) is 0 Å². The van der Waals surface area contributed by atoms with Gasteiger partial charge in [-0.1, -0.05) is 37.6 Å². The molecule has 0 unspecified atom stereocenters. The topological polar surface area (TPSA) is 46.3 Å². The quantitative estimate of drug-likeness (QED) is 0.896. The number of nitrogens with zero attached hydrogens (tertiary/aromatic N) is 1. The maximum absolute atomic E-state index is 11.9. The average Bonchev–Trinajstić information content (AvgIpc) is 2.30. The van der Waals surface area contributed by atoms with Gasteiger partial charge in [-0.3, -0.25) is 4.79 Å². The lowest BCUT2D eigenvalue weighted by Crippen LogP contribution is -2.44. The van der Waals surface area contributed by atoms with Gasteiger partial charge < -0.3 is 10.6 Å². The van der Waals surface area contributed by atoms with Crippen molar-refractivity contribution < 1.29 is 4.79 Å². The smallest absolute Gasteiger partial charge is 0.239 e. The van der Waals surface area contributed by atoms with Gasteiger partial charge in [0.15, 0.2) is 0 Å². The molecule has 0 aliphatic heterocycles. The second-order valence-corrected chi connectivity index (χ2v) is 5.03. The van der Waals surface area contributed by atoms with Gasteiger partial charge in [0.25, 0.3) is 0 Å². The van der Waals surface area contributed by atoms with E-state index in [4.69, 9.17) is 17.3 Å². The number of nitrogens with two attached hydrogens (primary N) is 1. The summed E-state index contributed by atoms with van der Waals surface area (Å²) in [6.07, 6.45) is 0. The Hall–Kier alpha value is -1.06. The summed E-state index contributed by atoms with van der Waals surface area (Å²) in [5, 5.41) is 0.696. The Bertz CT molecular complexity index is 376. The molecule has 1 rings (SSSR count). The Morgan fingerprint density at radius 3 is 2.35 bits per heavy atom. The van der Waals surface area contributed by atoms with Gasteiger partial charge in [0.2, 0.25) is 5.91 Å². The first-order valence-electron chi connectivity index (χ1n) is 5.67. The lowest BCUT2D eigenvalue weighted by Gasteiger charge is -2.23. The summed E-state index contributed by atoms with van der Waals surface area (Å²) in [4.78, 5) is 13.6. The zero-order valence-electron chi connectivity index (χ0n) is 10.5. The minimum absolute atomic E-state index is 0.0325. The predicted molar refractivity (Wildman–Crippen MR) is 70.7 cm³/mol. The number of likely N-dealkylation sites (N-methyl/N-ethyl adjacent to an activating group) is 1. The number of rotatable bonds is 4. The van der Waals surface area contributed by atoms with Gasteiger partial charge in [0.1, 0.15) is 0 Å².